The van der Waals surface area contributed by atoms with Gasteiger partial charge in [0.05, 0.1) is 12.3 Å². The minimum Gasteiger partial charge on any atom is -0.380 e. The molecule has 0 saturated carbocycles. The molecular weight excluding hydrogens is 306 g/mol. The first-order chi connectivity index (χ1) is 9.29. The van der Waals surface area contributed by atoms with Crippen LogP contribution in [-0.4, -0.2) is 44.3 Å². The zero-order valence-corrected chi connectivity index (χ0v) is 13.1. The van der Waals surface area contributed by atoms with Crippen LogP contribution in [0.15, 0.2) is 4.90 Å². The van der Waals surface area contributed by atoms with Crippen LogP contribution < -0.4 is 5.32 Å². The number of hydrogen-bond acceptors (Lipinski definition) is 5. The van der Waals surface area contributed by atoms with Gasteiger partial charge in [0.25, 0.3) is 15.0 Å². The zero-order valence-electron chi connectivity index (χ0n) is 11.6. The number of ether oxygens (including phenoxy) is 1. The fraction of sp³-hybridized carbons (Fsp3) is 0.636. The van der Waals surface area contributed by atoms with E-state index in [-0.39, 0.29) is 23.1 Å². The third-order valence-corrected chi connectivity index (χ3v) is 3.88. The minimum atomic E-state index is -4.06. The molecule has 0 saturated heterocycles. The molecule has 0 aliphatic rings. The van der Waals surface area contributed by atoms with E-state index in [4.69, 9.17) is 15.4 Å². The van der Waals surface area contributed by atoms with Gasteiger partial charge in [-0.1, -0.05) is 13.8 Å². The second kappa shape index (κ2) is 7.05. The Kier molecular flexibility index (Phi) is 5.97. The molecule has 20 heavy (non-hydrogen) atoms. The lowest BCUT2D eigenvalue weighted by Crippen LogP contribution is -2.28. The molecule has 1 amide bonds. The number of hydrogen-bond donors (Lipinski definition) is 2. The van der Waals surface area contributed by atoms with Crippen LogP contribution in [0.3, 0.4) is 0 Å². The van der Waals surface area contributed by atoms with Gasteiger partial charge in [0.15, 0.2) is 5.69 Å². The number of H-pyrrole nitrogens is 1. The van der Waals surface area contributed by atoms with E-state index in [0.29, 0.717) is 18.9 Å². The van der Waals surface area contributed by atoms with Gasteiger partial charge in [-0.3, -0.25) is 9.89 Å². The number of rotatable bonds is 7. The van der Waals surface area contributed by atoms with E-state index in [9.17, 15) is 13.2 Å². The molecule has 0 aliphatic heterocycles. The molecule has 114 valence electrons. The lowest BCUT2D eigenvalue weighted by Gasteiger charge is -2.06. The molecule has 0 aliphatic carbocycles. The van der Waals surface area contributed by atoms with Crippen molar-refractivity contribution < 1.29 is 17.9 Å². The van der Waals surface area contributed by atoms with Crippen LogP contribution >= 0.6 is 10.7 Å². The Bertz CT molecular complexity index is 568. The van der Waals surface area contributed by atoms with Gasteiger partial charge in [0.2, 0.25) is 0 Å². The largest absolute Gasteiger partial charge is 0.380 e. The summed E-state index contributed by atoms with van der Waals surface area (Å²) in [5, 5.41) is 8.85. The Hall–Kier alpha value is -1.12. The van der Waals surface area contributed by atoms with Gasteiger partial charge in [-0.25, -0.2) is 8.42 Å². The molecule has 7 nitrogen and oxygen atoms in total. The van der Waals surface area contributed by atoms with Crippen molar-refractivity contribution in [2.45, 2.75) is 31.6 Å². The van der Waals surface area contributed by atoms with Crippen molar-refractivity contribution in [3.05, 3.63) is 11.4 Å². The molecule has 1 aromatic heterocycles. The molecule has 2 N–H and O–H groups in total. The number of nitrogens with one attached hydrogen (secondary N) is 2. The van der Waals surface area contributed by atoms with E-state index in [1.54, 1.807) is 13.8 Å². The van der Waals surface area contributed by atoms with E-state index >= 15 is 0 Å². The van der Waals surface area contributed by atoms with Crippen molar-refractivity contribution in [1.29, 1.82) is 0 Å². The highest BCUT2D eigenvalue weighted by molar-refractivity contribution is 8.13. The van der Waals surface area contributed by atoms with Crippen molar-refractivity contribution in [2.75, 3.05) is 19.8 Å². The first kappa shape index (κ1) is 16.9. The SMILES string of the molecule is CCOCCNC(=O)c1n[nH]c(C(C)C)c1S(=O)(=O)Cl. The van der Waals surface area contributed by atoms with Crippen molar-refractivity contribution >= 4 is 25.6 Å². The standard InChI is InChI=1S/C11H18ClN3O4S/c1-4-19-6-5-13-11(16)9-10(20(12,17)18)8(7(2)3)14-15-9/h7H,4-6H2,1-3H3,(H,13,16)(H,14,15). The summed E-state index contributed by atoms with van der Waals surface area (Å²) in [6.45, 7) is 6.52. The molecule has 0 radical (unpaired) electrons. The van der Waals surface area contributed by atoms with E-state index < -0.39 is 15.0 Å². The Morgan fingerprint density at radius 2 is 2.15 bits per heavy atom. The first-order valence-corrected chi connectivity index (χ1v) is 8.48. The summed E-state index contributed by atoms with van der Waals surface area (Å²) in [5.74, 6) is -0.761. The van der Waals surface area contributed by atoms with Crippen LogP contribution in [0, 0.1) is 0 Å². The number of halogens is 1. The van der Waals surface area contributed by atoms with Crippen molar-refractivity contribution in [3.8, 4) is 0 Å². The minimum absolute atomic E-state index is 0.156. The molecule has 1 heterocycles. The number of nitrogens with zero attached hydrogens (tertiary/aromatic N) is 1. The normalized spacial score (nSPS) is 11.8. The number of amides is 1. The van der Waals surface area contributed by atoms with Gasteiger partial charge >= 0.3 is 0 Å². The predicted octanol–water partition coefficient (Wildman–Crippen LogP) is 1.23. The average molecular weight is 324 g/mol. The number of carbonyl (C=O) groups excluding carboxylic acids is 1. The summed E-state index contributed by atoms with van der Waals surface area (Å²) in [6.07, 6.45) is 0. The van der Waals surface area contributed by atoms with Crippen LogP contribution in [0.5, 0.6) is 0 Å². The van der Waals surface area contributed by atoms with Crippen LogP contribution in [0.2, 0.25) is 0 Å². The van der Waals surface area contributed by atoms with Gasteiger partial charge in [0.1, 0.15) is 4.90 Å². The lowest BCUT2D eigenvalue weighted by atomic mass is 10.1. The monoisotopic (exact) mass is 323 g/mol. The second-order valence-electron chi connectivity index (χ2n) is 4.36. The van der Waals surface area contributed by atoms with Gasteiger partial charge < -0.3 is 10.1 Å². The van der Waals surface area contributed by atoms with E-state index in [1.165, 1.54) is 0 Å². The fourth-order valence-corrected chi connectivity index (χ4v) is 2.98. The van der Waals surface area contributed by atoms with Gasteiger partial charge in [-0.2, -0.15) is 5.10 Å². The van der Waals surface area contributed by atoms with Crippen LogP contribution in [0.1, 0.15) is 42.9 Å². The van der Waals surface area contributed by atoms with Crippen LogP contribution in [-0.2, 0) is 13.8 Å². The first-order valence-electron chi connectivity index (χ1n) is 6.17. The highest BCUT2D eigenvalue weighted by atomic mass is 35.7. The predicted molar refractivity (Wildman–Crippen MR) is 74.5 cm³/mol. The Morgan fingerprint density at radius 3 is 2.65 bits per heavy atom. The third-order valence-electron chi connectivity index (χ3n) is 2.52. The fourth-order valence-electron chi connectivity index (χ4n) is 1.60. The zero-order chi connectivity index (χ0) is 15.3. The molecular formula is C11H18ClN3O4S. The van der Waals surface area contributed by atoms with Crippen molar-refractivity contribution in [1.82, 2.24) is 15.5 Å². The average Bonchev–Trinajstić information content (AvgIpc) is 2.79. The Labute approximate surface area is 122 Å². The van der Waals surface area contributed by atoms with Gasteiger partial charge in [0, 0.05) is 23.8 Å². The topological polar surface area (TPSA) is 101 Å². The maximum Gasteiger partial charge on any atom is 0.273 e. The summed E-state index contributed by atoms with van der Waals surface area (Å²) < 4.78 is 28.3. The summed E-state index contributed by atoms with van der Waals surface area (Å²) in [6, 6.07) is 0. The highest BCUT2D eigenvalue weighted by Gasteiger charge is 2.29. The third kappa shape index (κ3) is 4.19. The Balaban J connectivity index is 2.98. The van der Waals surface area contributed by atoms with E-state index in [0.717, 1.165) is 0 Å². The molecule has 9 heteroatoms. The lowest BCUT2D eigenvalue weighted by molar-refractivity contribution is 0.0914. The van der Waals surface area contributed by atoms with Crippen molar-refractivity contribution in [2.24, 2.45) is 0 Å². The van der Waals surface area contributed by atoms with Crippen molar-refractivity contribution in [3.63, 3.8) is 0 Å². The quantitative estimate of drug-likeness (QED) is 0.580. The molecule has 0 spiro atoms. The molecule has 0 bridgehead atoms. The molecule has 1 rings (SSSR count). The Morgan fingerprint density at radius 1 is 1.50 bits per heavy atom. The van der Waals surface area contributed by atoms with Gasteiger partial charge in [-0.05, 0) is 12.8 Å². The maximum absolute atomic E-state index is 11.9. The molecule has 0 atom stereocenters. The number of aromatic amines is 1. The summed E-state index contributed by atoms with van der Waals surface area (Å²) in [7, 11) is 1.33. The molecule has 0 fully saturated rings. The summed E-state index contributed by atoms with van der Waals surface area (Å²) in [4.78, 5) is 11.7. The van der Waals surface area contributed by atoms with E-state index in [1.807, 2.05) is 6.92 Å². The number of aromatic nitrogens is 2. The van der Waals surface area contributed by atoms with Crippen LogP contribution in [0.4, 0.5) is 0 Å². The smallest absolute Gasteiger partial charge is 0.273 e. The number of carbonyl (C=O) groups is 1. The summed E-state index contributed by atoms with van der Waals surface area (Å²) in [5.41, 5.74) is 0.0927. The molecule has 1 aromatic rings. The van der Waals surface area contributed by atoms with Gasteiger partial charge in [-0.15, -0.1) is 0 Å². The van der Waals surface area contributed by atoms with E-state index in [2.05, 4.69) is 15.5 Å². The highest BCUT2D eigenvalue weighted by Crippen LogP contribution is 2.27. The van der Waals surface area contributed by atoms with Crippen LogP contribution in [0.25, 0.3) is 0 Å². The molecule has 0 aromatic carbocycles. The molecule has 0 unspecified atom stereocenters. The maximum atomic E-state index is 11.9. The summed E-state index contributed by atoms with van der Waals surface area (Å²) >= 11 is 0. The second-order valence-corrected chi connectivity index (χ2v) is 6.86.